The van der Waals surface area contributed by atoms with Gasteiger partial charge in [0.2, 0.25) is 0 Å². The zero-order valence-electron chi connectivity index (χ0n) is 23.0. The van der Waals surface area contributed by atoms with Crippen molar-refractivity contribution >= 4 is 58.9 Å². The molecule has 0 aliphatic carbocycles. The lowest BCUT2D eigenvalue weighted by molar-refractivity contribution is 1.10. The van der Waals surface area contributed by atoms with E-state index < -0.39 is 0 Å². The lowest BCUT2D eigenvalue weighted by atomic mass is 9.91. The van der Waals surface area contributed by atoms with E-state index in [4.69, 9.17) is 15.0 Å². The molecule has 0 unspecified atom stereocenters. The van der Waals surface area contributed by atoms with Crippen molar-refractivity contribution in [1.82, 2.24) is 19.4 Å². The maximum absolute atomic E-state index is 4.94. The zero-order chi connectivity index (χ0) is 28.5. The van der Waals surface area contributed by atoms with Crippen molar-refractivity contribution in [1.29, 1.82) is 0 Å². The zero-order valence-corrected chi connectivity index (χ0v) is 23.0. The average molecular weight is 537 g/mol. The minimum atomic E-state index is 0.556. The third-order valence-corrected chi connectivity index (χ3v) is 7.39. The minimum absolute atomic E-state index is 0.556. The molecule has 7 rings (SSSR count). The van der Waals surface area contributed by atoms with E-state index in [1.54, 1.807) is 0 Å². The van der Waals surface area contributed by atoms with Gasteiger partial charge in [0.1, 0.15) is 5.72 Å². The van der Waals surface area contributed by atoms with Crippen LogP contribution in [0.1, 0.15) is 0 Å². The first-order valence-electron chi connectivity index (χ1n) is 13.8. The van der Waals surface area contributed by atoms with Gasteiger partial charge in [0.15, 0.2) is 11.6 Å². The van der Waals surface area contributed by atoms with Crippen LogP contribution in [0.3, 0.4) is 0 Å². The van der Waals surface area contributed by atoms with Crippen LogP contribution in [0.4, 0.5) is 0 Å². The predicted octanol–water partition coefficient (Wildman–Crippen LogP) is 6.20. The van der Waals surface area contributed by atoms with E-state index in [-0.39, 0.29) is 0 Å². The second kappa shape index (κ2) is 10.8. The molecule has 5 heteroatoms. The van der Waals surface area contributed by atoms with Gasteiger partial charge in [0.25, 0.3) is 0 Å². The highest BCUT2D eigenvalue weighted by atomic mass is 15.0. The molecule has 5 aromatic carbocycles. The van der Waals surface area contributed by atoms with Gasteiger partial charge in [0, 0.05) is 32.9 Å². The smallest absolute Gasteiger partial charge is 0.341 e. The lowest BCUT2D eigenvalue weighted by Gasteiger charge is -2.10. The highest BCUT2D eigenvalue weighted by Crippen LogP contribution is 2.32. The number of nitrogens with zero attached hydrogens (tertiary/aromatic N) is 4. The Morgan fingerprint density at radius 1 is 0.500 bits per heavy atom. The number of rotatable bonds is 4. The summed E-state index contributed by atoms with van der Waals surface area (Å²) in [4.78, 5) is 14.7. The van der Waals surface area contributed by atoms with Crippen LogP contribution in [0.5, 0.6) is 0 Å². The molecule has 0 aliphatic rings. The maximum atomic E-state index is 4.94. The SMILES string of the molecule is C=c1ccccc(=C)c2c3c4ccccc4ccc3n([B]c3nc(-c4ccccc4)nc(-c4ccccc4)n3)c2cc1. The molecule has 0 spiro atoms. The highest BCUT2D eigenvalue weighted by molar-refractivity contribution is 6.53. The van der Waals surface area contributed by atoms with Crippen molar-refractivity contribution in [3.05, 3.63) is 144 Å². The summed E-state index contributed by atoms with van der Waals surface area (Å²) < 4.78 is 2.17. The van der Waals surface area contributed by atoms with Gasteiger partial charge in [-0.1, -0.05) is 134 Å². The van der Waals surface area contributed by atoms with Crippen LogP contribution in [0, 0.1) is 0 Å². The van der Waals surface area contributed by atoms with Gasteiger partial charge >= 0.3 is 7.41 Å². The molecular weight excluding hydrogens is 511 g/mol. The van der Waals surface area contributed by atoms with E-state index in [0.717, 1.165) is 43.4 Å². The molecule has 2 heterocycles. The summed E-state index contributed by atoms with van der Waals surface area (Å²) >= 11 is 0. The van der Waals surface area contributed by atoms with Gasteiger partial charge in [-0.2, -0.15) is 0 Å². The summed E-state index contributed by atoms with van der Waals surface area (Å²) in [6.07, 6.45) is 0. The fourth-order valence-corrected chi connectivity index (χ4v) is 5.40. The van der Waals surface area contributed by atoms with Crippen LogP contribution >= 0.6 is 0 Å². The third kappa shape index (κ3) is 4.71. The second-order valence-electron chi connectivity index (χ2n) is 10.2. The molecule has 0 bridgehead atoms. The standard InChI is InChI=1S/C37H26BN4/c1-25-13-9-10-14-26(2)33-31(23-21-25)42(32-24-22-27-15-11-12-20-30(27)34(32)33)38-37-40-35(28-16-5-3-6-17-28)39-36(41-37)29-18-7-4-8-19-29/h3-24H,1-2H2. The van der Waals surface area contributed by atoms with Crippen LogP contribution < -0.4 is 16.2 Å². The van der Waals surface area contributed by atoms with Gasteiger partial charge in [-0.3, -0.25) is 0 Å². The average Bonchev–Trinajstić information content (AvgIpc) is 3.36. The minimum Gasteiger partial charge on any atom is -0.381 e. The summed E-state index contributed by atoms with van der Waals surface area (Å²) in [5, 5.41) is 6.36. The Morgan fingerprint density at radius 2 is 1.07 bits per heavy atom. The van der Waals surface area contributed by atoms with Crippen molar-refractivity contribution in [3.63, 3.8) is 0 Å². The molecule has 42 heavy (non-hydrogen) atoms. The van der Waals surface area contributed by atoms with E-state index in [1.165, 1.54) is 10.8 Å². The van der Waals surface area contributed by atoms with Crippen LogP contribution in [0.2, 0.25) is 0 Å². The molecule has 0 amide bonds. The highest BCUT2D eigenvalue weighted by Gasteiger charge is 2.18. The topological polar surface area (TPSA) is 43.6 Å². The largest absolute Gasteiger partial charge is 0.381 e. The Morgan fingerprint density at radius 3 is 1.79 bits per heavy atom. The van der Waals surface area contributed by atoms with Crippen molar-refractivity contribution in [2.45, 2.75) is 0 Å². The normalized spacial score (nSPS) is 11.0. The van der Waals surface area contributed by atoms with Crippen molar-refractivity contribution in [3.8, 4) is 22.8 Å². The van der Waals surface area contributed by atoms with Crippen molar-refractivity contribution < 1.29 is 0 Å². The molecule has 0 fully saturated rings. The first kappa shape index (κ1) is 25.4. The van der Waals surface area contributed by atoms with Gasteiger partial charge < -0.3 is 4.48 Å². The van der Waals surface area contributed by atoms with Crippen LogP contribution in [0.15, 0.2) is 133 Å². The van der Waals surface area contributed by atoms with Crippen molar-refractivity contribution in [2.24, 2.45) is 0 Å². The van der Waals surface area contributed by atoms with Gasteiger partial charge in [-0.25, -0.2) is 15.0 Å². The summed E-state index contributed by atoms with van der Waals surface area (Å²) in [5.41, 5.74) is 4.44. The molecule has 2 aromatic heterocycles. The van der Waals surface area contributed by atoms with Crippen LogP contribution in [-0.4, -0.2) is 26.8 Å². The van der Waals surface area contributed by atoms with Gasteiger partial charge in [-0.05, 0) is 33.3 Å². The molecule has 7 aromatic rings. The Hall–Kier alpha value is -5.55. The molecule has 0 N–H and O–H groups in total. The summed E-state index contributed by atoms with van der Waals surface area (Å²) in [5.74, 6) is 1.24. The van der Waals surface area contributed by atoms with Crippen LogP contribution in [-0.2, 0) is 0 Å². The molecule has 0 atom stereocenters. The number of fused-ring (bicyclic) bond motifs is 5. The molecule has 0 saturated heterocycles. The van der Waals surface area contributed by atoms with Gasteiger partial charge in [0.05, 0.1) is 0 Å². The monoisotopic (exact) mass is 537 g/mol. The Balaban J connectivity index is 1.55. The molecule has 4 nitrogen and oxygen atoms in total. The lowest BCUT2D eigenvalue weighted by Crippen LogP contribution is -2.30. The predicted molar refractivity (Wildman–Crippen MR) is 176 cm³/mol. The van der Waals surface area contributed by atoms with E-state index in [1.807, 2.05) is 92.3 Å². The third-order valence-electron chi connectivity index (χ3n) is 7.39. The molecule has 197 valence electrons. The number of hydrogen-bond acceptors (Lipinski definition) is 3. The Bertz CT molecular complexity index is 2200. The fraction of sp³-hybridized carbons (Fsp3) is 0. The van der Waals surface area contributed by atoms with E-state index >= 15 is 0 Å². The summed E-state index contributed by atoms with van der Waals surface area (Å²) in [6.45, 7) is 8.69. The first-order valence-corrected chi connectivity index (χ1v) is 13.8. The van der Waals surface area contributed by atoms with Gasteiger partial charge in [-0.15, -0.1) is 0 Å². The first-order chi connectivity index (χ1) is 20.7. The summed E-state index contributed by atoms with van der Waals surface area (Å²) in [7, 11) is 2.00. The molecule has 1 radical (unpaired) electrons. The number of benzene rings is 4. The number of hydrogen-bond donors (Lipinski definition) is 0. The van der Waals surface area contributed by atoms with E-state index in [2.05, 4.69) is 66.2 Å². The van der Waals surface area contributed by atoms with E-state index in [0.29, 0.717) is 17.4 Å². The molecule has 0 aliphatic heterocycles. The fourth-order valence-electron chi connectivity index (χ4n) is 5.40. The molecular formula is C37H26BN4. The quantitative estimate of drug-likeness (QED) is 0.251. The Kier molecular flexibility index (Phi) is 6.53. The maximum Gasteiger partial charge on any atom is 0.341 e. The number of aromatic nitrogens is 4. The second-order valence-corrected chi connectivity index (χ2v) is 10.2. The summed E-state index contributed by atoms with van der Waals surface area (Å²) in [6, 6.07) is 45.0. The van der Waals surface area contributed by atoms with Crippen molar-refractivity contribution in [2.75, 3.05) is 0 Å². The van der Waals surface area contributed by atoms with E-state index in [9.17, 15) is 0 Å². The molecule has 0 saturated carbocycles. The Labute approximate surface area is 244 Å². The van der Waals surface area contributed by atoms with Crippen LogP contribution in [0.25, 0.3) is 68.5 Å².